The van der Waals surface area contributed by atoms with E-state index >= 15 is 0 Å². The number of esters is 2. The molecule has 0 fully saturated rings. The molecular formula is C62H118CaO8. The summed E-state index contributed by atoms with van der Waals surface area (Å²) in [7, 11) is 0. The van der Waals surface area contributed by atoms with E-state index in [9.17, 15) is 29.4 Å². The minimum Gasteiger partial charge on any atom is -0.550 e. The molecule has 0 spiro atoms. The monoisotopic (exact) mass is 1030 g/mol. The molecule has 0 aliphatic carbocycles. The van der Waals surface area contributed by atoms with Gasteiger partial charge >= 0.3 is 49.7 Å². The maximum atomic E-state index is 12.4. The van der Waals surface area contributed by atoms with Crippen LogP contribution in [-0.4, -0.2) is 73.8 Å². The Hall–Kier alpha value is -0.860. The molecule has 0 saturated carbocycles. The summed E-state index contributed by atoms with van der Waals surface area (Å²) in [5.74, 6) is -1.85. The Labute approximate surface area is 471 Å². The van der Waals surface area contributed by atoms with E-state index in [-0.39, 0.29) is 74.7 Å². The molecule has 0 rings (SSSR count). The normalized spacial score (nSPS) is 11.9. The molecular weight excluding hydrogens is 913 g/mol. The van der Waals surface area contributed by atoms with Gasteiger partial charge in [0, 0.05) is 24.8 Å². The first-order chi connectivity index (χ1) is 34.2. The number of unbranched alkanes of at least 4 members (excludes halogenated alkanes) is 38. The molecule has 0 amide bonds. The van der Waals surface area contributed by atoms with Crippen LogP contribution in [0.4, 0.5) is 0 Å². The van der Waals surface area contributed by atoms with Gasteiger partial charge < -0.3 is 29.3 Å². The van der Waals surface area contributed by atoms with Crippen molar-refractivity contribution in [3.05, 3.63) is 0 Å². The number of hydrogen-bond donors (Lipinski definition) is 0. The van der Waals surface area contributed by atoms with Crippen LogP contribution >= 0.6 is 0 Å². The smallest absolute Gasteiger partial charge is 0.550 e. The number of rotatable bonds is 56. The van der Waals surface area contributed by atoms with Gasteiger partial charge in [0.05, 0.1) is 0 Å². The molecule has 9 heteroatoms. The van der Waals surface area contributed by atoms with Crippen molar-refractivity contribution in [2.75, 3.05) is 0 Å². The van der Waals surface area contributed by atoms with Crippen LogP contribution in [0.2, 0.25) is 0 Å². The van der Waals surface area contributed by atoms with E-state index in [1.165, 1.54) is 180 Å². The Kier molecular flexibility index (Phi) is 66.5. The van der Waals surface area contributed by atoms with Gasteiger partial charge in [-0.05, 0) is 89.9 Å². The fraction of sp³-hybridized carbons (Fsp3) is 0.935. The van der Waals surface area contributed by atoms with Crippen molar-refractivity contribution in [2.24, 2.45) is 0 Å². The van der Waals surface area contributed by atoms with Crippen molar-refractivity contribution in [2.45, 2.75) is 374 Å². The number of hydrogen-bond acceptors (Lipinski definition) is 8. The van der Waals surface area contributed by atoms with E-state index in [2.05, 4.69) is 27.7 Å². The number of ether oxygens (including phenoxy) is 2. The van der Waals surface area contributed by atoms with Crippen molar-refractivity contribution in [3.63, 3.8) is 0 Å². The SMILES string of the molecule is CCCCCCCCCCCCC(=O)OC(CCCCCCC)CCCCCCCCCC(=O)[O-].CCCCCCCCCCCCC(=O)OC(CCCCCCC)CCCCCCCCCC(=O)[O-].[Ca+2]. The van der Waals surface area contributed by atoms with E-state index < -0.39 is 11.9 Å². The van der Waals surface area contributed by atoms with Gasteiger partial charge in [-0.1, -0.05) is 259 Å². The summed E-state index contributed by atoms with van der Waals surface area (Å²) >= 11 is 0. The van der Waals surface area contributed by atoms with Crippen LogP contribution < -0.4 is 10.2 Å². The van der Waals surface area contributed by atoms with E-state index in [4.69, 9.17) is 9.47 Å². The predicted octanol–water partition coefficient (Wildman–Crippen LogP) is 17.3. The van der Waals surface area contributed by atoms with Crippen molar-refractivity contribution in [3.8, 4) is 0 Å². The molecule has 416 valence electrons. The molecule has 0 aliphatic rings. The predicted molar refractivity (Wildman–Crippen MR) is 298 cm³/mol. The fourth-order valence-electron chi connectivity index (χ4n) is 9.53. The van der Waals surface area contributed by atoms with E-state index in [0.29, 0.717) is 12.8 Å². The van der Waals surface area contributed by atoms with Crippen LogP contribution in [0.1, 0.15) is 362 Å². The Morgan fingerprint density at radius 2 is 0.437 bits per heavy atom. The third-order valence-electron chi connectivity index (χ3n) is 14.1. The number of carbonyl (C=O) groups is 4. The molecule has 0 aromatic carbocycles. The summed E-state index contributed by atoms with van der Waals surface area (Å²) in [6.45, 7) is 9.00. The van der Waals surface area contributed by atoms with Crippen LogP contribution in [0.15, 0.2) is 0 Å². The van der Waals surface area contributed by atoms with Gasteiger partial charge in [-0.15, -0.1) is 0 Å². The second-order valence-corrected chi connectivity index (χ2v) is 21.3. The fourth-order valence-corrected chi connectivity index (χ4v) is 9.53. The zero-order valence-electron chi connectivity index (χ0n) is 47.9. The van der Waals surface area contributed by atoms with Gasteiger partial charge in [0.1, 0.15) is 12.2 Å². The van der Waals surface area contributed by atoms with Gasteiger partial charge in [-0.3, -0.25) is 9.59 Å². The third kappa shape index (κ3) is 65.2. The molecule has 0 aromatic heterocycles. The zero-order valence-corrected chi connectivity index (χ0v) is 50.1. The number of carbonyl (C=O) groups excluding carboxylic acids is 4. The summed E-state index contributed by atoms with van der Waals surface area (Å²) in [5.41, 5.74) is 0. The first kappa shape index (κ1) is 74.4. The third-order valence-corrected chi connectivity index (χ3v) is 14.1. The molecule has 0 heterocycles. The van der Waals surface area contributed by atoms with E-state index in [1.54, 1.807) is 0 Å². The van der Waals surface area contributed by atoms with Gasteiger partial charge in [-0.25, -0.2) is 0 Å². The molecule has 0 N–H and O–H groups in total. The van der Waals surface area contributed by atoms with Crippen LogP contribution in [0.3, 0.4) is 0 Å². The number of aliphatic carboxylic acids is 2. The maximum Gasteiger partial charge on any atom is 2.00 e. The second kappa shape index (κ2) is 63.4. The topological polar surface area (TPSA) is 133 Å². The Bertz CT molecular complexity index is 1020. The van der Waals surface area contributed by atoms with Crippen LogP contribution in [0.5, 0.6) is 0 Å². The molecule has 71 heavy (non-hydrogen) atoms. The van der Waals surface area contributed by atoms with E-state index in [0.717, 1.165) is 128 Å². The summed E-state index contributed by atoms with van der Waals surface area (Å²) in [4.78, 5) is 45.8. The number of carboxylic acids is 2. The van der Waals surface area contributed by atoms with Gasteiger partial charge in [0.15, 0.2) is 0 Å². The van der Waals surface area contributed by atoms with Gasteiger partial charge in [0.25, 0.3) is 0 Å². The van der Waals surface area contributed by atoms with Crippen molar-refractivity contribution >= 4 is 61.6 Å². The van der Waals surface area contributed by atoms with Crippen LogP contribution in [0.25, 0.3) is 0 Å². The Morgan fingerprint density at radius 1 is 0.268 bits per heavy atom. The minimum atomic E-state index is -0.937. The van der Waals surface area contributed by atoms with Crippen molar-refractivity contribution < 1.29 is 38.9 Å². The molecule has 0 aliphatic heterocycles. The molecule has 8 nitrogen and oxygen atoms in total. The zero-order chi connectivity index (χ0) is 51.6. The Morgan fingerprint density at radius 3 is 0.634 bits per heavy atom. The van der Waals surface area contributed by atoms with E-state index in [1.807, 2.05) is 0 Å². The maximum absolute atomic E-state index is 12.4. The first-order valence-corrected chi connectivity index (χ1v) is 31.0. The Balaban J connectivity index is -0.00000128. The molecule has 0 saturated heterocycles. The molecule has 2 unspecified atom stereocenters. The largest absolute Gasteiger partial charge is 2.00 e. The second-order valence-electron chi connectivity index (χ2n) is 21.3. The quantitative estimate of drug-likeness (QED) is 0.0334. The van der Waals surface area contributed by atoms with Crippen LogP contribution in [0, 0.1) is 0 Å². The molecule has 0 bridgehead atoms. The van der Waals surface area contributed by atoms with Crippen molar-refractivity contribution in [1.29, 1.82) is 0 Å². The van der Waals surface area contributed by atoms with Gasteiger partial charge in [-0.2, -0.15) is 0 Å². The van der Waals surface area contributed by atoms with Gasteiger partial charge in [0.2, 0.25) is 0 Å². The standard InChI is InChI=1S/2C31H60O4.Ca/c2*1-3-5-7-9-10-11-12-16-20-24-28-31(34)35-29(25-21-17-8-6-4-2)26-22-18-14-13-15-19-23-27-30(32)33;/h2*29H,3-28H2,1-2H3,(H,32,33);/q;;+2/p-2. The summed E-state index contributed by atoms with van der Waals surface area (Å²) < 4.78 is 11.8. The summed E-state index contributed by atoms with van der Waals surface area (Å²) in [5, 5.41) is 20.9. The van der Waals surface area contributed by atoms with Crippen LogP contribution in [-0.2, 0) is 28.7 Å². The molecule has 0 radical (unpaired) electrons. The minimum absolute atomic E-state index is 0. The summed E-state index contributed by atoms with van der Waals surface area (Å²) in [6.07, 6.45) is 58.7. The van der Waals surface area contributed by atoms with Crippen molar-refractivity contribution in [1.82, 2.24) is 0 Å². The summed E-state index contributed by atoms with van der Waals surface area (Å²) in [6, 6.07) is 0. The molecule has 2 atom stereocenters. The molecule has 0 aromatic rings. The average Bonchev–Trinajstić information content (AvgIpc) is 3.33. The first-order valence-electron chi connectivity index (χ1n) is 31.0. The average molecular weight is 1030 g/mol. The number of carboxylic acid groups (broad SMARTS) is 2.